The molecule has 37 heavy (non-hydrogen) atoms. The minimum atomic E-state index is 0.100. The quantitative estimate of drug-likeness (QED) is 0.335. The molecule has 2 aliphatic rings. The predicted molar refractivity (Wildman–Crippen MR) is 148 cm³/mol. The molecule has 0 bridgehead atoms. The third-order valence-corrected chi connectivity index (χ3v) is 7.51. The molecule has 5 rings (SSSR count). The summed E-state index contributed by atoms with van der Waals surface area (Å²) in [6, 6.07) is 25.5. The highest BCUT2D eigenvalue weighted by Crippen LogP contribution is 2.28. The van der Waals surface area contributed by atoms with Gasteiger partial charge in [0, 0.05) is 19.5 Å². The molecule has 194 valence electrons. The number of carbonyl (C=O) groups is 1. The fourth-order valence-electron chi connectivity index (χ4n) is 5.35. The van der Waals surface area contributed by atoms with Gasteiger partial charge in [-0.15, -0.1) is 0 Å². The van der Waals surface area contributed by atoms with Crippen LogP contribution in [0.3, 0.4) is 0 Å². The van der Waals surface area contributed by atoms with Crippen LogP contribution in [0.5, 0.6) is 11.5 Å². The van der Waals surface area contributed by atoms with Gasteiger partial charge in [-0.3, -0.25) is 9.69 Å². The van der Waals surface area contributed by atoms with Crippen LogP contribution >= 0.6 is 0 Å². The highest BCUT2D eigenvalue weighted by Gasteiger charge is 2.25. The fourth-order valence-corrected chi connectivity index (χ4v) is 5.35. The minimum Gasteiger partial charge on any atom is -0.492 e. The predicted octanol–water partition coefficient (Wildman–Crippen LogP) is 5.81. The maximum Gasteiger partial charge on any atom is 0.222 e. The van der Waals surface area contributed by atoms with Crippen molar-refractivity contribution in [2.75, 3.05) is 39.4 Å². The van der Waals surface area contributed by atoms with Crippen molar-refractivity contribution in [3.05, 3.63) is 83.9 Å². The van der Waals surface area contributed by atoms with Crippen LogP contribution in [0.25, 0.3) is 11.1 Å². The van der Waals surface area contributed by atoms with Gasteiger partial charge in [0.1, 0.15) is 24.7 Å². The van der Waals surface area contributed by atoms with Crippen molar-refractivity contribution < 1.29 is 14.3 Å². The molecule has 2 fully saturated rings. The molecule has 0 radical (unpaired) electrons. The summed E-state index contributed by atoms with van der Waals surface area (Å²) in [7, 11) is 0. The first kappa shape index (κ1) is 25.3. The van der Waals surface area contributed by atoms with Crippen LogP contribution in [0.15, 0.2) is 72.8 Å². The third kappa shape index (κ3) is 6.72. The lowest BCUT2D eigenvalue weighted by atomic mass is 9.95. The van der Waals surface area contributed by atoms with Crippen LogP contribution in [0.4, 0.5) is 0 Å². The van der Waals surface area contributed by atoms with Crippen LogP contribution in [-0.4, -0.2) is 61.1 Å². The number of likely N-dealkylation sites (tertiary alicyclic amines) is 2. The standard InChI is InChI=1S/C32H38N2O3/c1-25(34-20-6-9-32(34)35)24-37-30-14-10-26(11-15-30)23-28-7-2-3-8-31(28)27-12-16-29(17-13-27)36-22-21-33-18-4-5-19-33/h2-3,7-8,10-17,25H,4-6,9,18-24H2,1H3. The van der Waals surface area contributed by atoms with E-state index in [0.717, 1.165) is 44.0 Å². The molecule has 3 aromatic carbocycles. The van der Waals surface area contributed by atoms with E-state index >= 15 is 0 Å². The molecule has 2 saturated heterocycles. The second-order valence-electron chi connectivity index (χ2n) is 10.3. The Balaban J connectivity index is 1.16. The zero-order chi connectivity index (χ0) is 25.5. The average Bonchev–Trinajstić information content (AvgIpc) is 3.61. The number of nitrogens with zero attached hydrogens (tertiary/aromatic N) is 2. The van der Waals surface area contributed by atoms with E-state index in [4.69, 9.17) is 9.47 Å². The van der Waals surface area contributed by atoms with E-state index in [1.807, 2.05) is 17.0 Å². The molecule has 5 heteroatoms. The first-order valence-corrected chi connectivity index (χ1v) is 13.7. The zero-order valence-electron chi connectivity index (χ0n) is 21.9. The van der Waals surface area contributed by atoms with Crippen molar-refractivity contribution in [1.82, 2.24) is 9.80 Å². The second kappa shape index (κ2) is 12.3. The van der Waals surface area contributed by atoms with E-state index in [0.29, 0.717) is 13.0 Å². The molecule has 2 aliphatic heterocycles. The molecular weight excluding hydrogens is 460 g/mol. The average molecular weight is 499 g/mol. The van der Waals surface area contributed by atoms with Gasteiger partial charge in [-0.2, -0.15) is 0 Å². The van der Waals surface area contributed by atoms with Crippen LogP contribution in [0, 0.1) is 0 Å². The van der Waals surface area contributed by atoms with Crippen LogP contribution in [0.1, 0.15) is 43.7 Å². The smallest absolute Gasteiger partial charge is 0.222 e. The van der Waals surface area contributed by atoms with Gasteiger partial charge in [-0.25, -0.2) is 0 Å². The molecule has 1 atom stereocenters. The lowest BCUT2D eigenvalue weighted by molar-refractivity contribution is -0.129. The van der Waals surface area contributed by atoms with E-state index in [1.165, 1.54) is 48.2 Å². The van der Waals surface area contributed by atoms with E-state index in [9.17, 15) is 4.79 Å². The van der Waals surface area contributed by atoms with Crippen molar-refractivity contribution in [2.24, 2.45) is 0 Å². The number of benzene rings is 3. The molecule has 3 aromatic rings. The van der Waals surface area contributed by atoms with Crippen LogP contribution in [-0.2, 0) is 11.2 Å². The van der Waals surface area contributed by atoms with Gasteiger partial charge in [-0.05, 0) is 92.2 Å². The molecule has 0 aromatic heterocycles. The summed E-state index contributed by atoms with van der Waals surface area (Å²) in [4.78, 5) is 16.3. The van der Waals surface area contributed by atoms with E-state index < -0.39 is 0 Å². The van der Waals surface area contributed by atoms with Gasteiger partial charge in [-0.1, -0.05) is 48.5 Å². The van der Waals surface area contributed by atoms with E-state index in [-0.39, 0.29) is 11.9 Å². The van der Waals surface area contributed by atoms with Gasteiger partial charge in [0.2, 0.25) is 5.91 Å². The zero-order valence-corrected chi connectivity index (χ0v) is 21.9. The number of amides is 1. The molecule has 0 spiro atoms. The molecule has 0 aliphatic carbocycles. The summed E-state index contributed by atoms with van der Waals surface area (Å²) >= 11 is 0. The Labute approximate surface area is 221 Å². The van der Waals surface area contributed by atoms with Crippen LogP contribution in [0.2, 0.25) is 0 Å². The van der Waals surface area contributed by atoms with Crippen LogP contribution < -0.4 is 9.47 Å². The molecule has 0 N–H and O–H groups in total. The Hall–Kier alpha value is -3.31. The summed E-state index contributed by atoms with van der Waals surface area (Å²) in [6.45, 7) is 7.57. The summed E-state index contributed by atoms with van der Waals surface area (Å²) in [5, 5.41) is 0. The number of rotatable bonds is 11. The van der Waals surface area contributed by atoms with E-state index in [2.05, 4.69) is 72.5 Å². The molecule has 5 nitrogen and oxygen atoms in total. The summed E-state index contributed by atoms with van der Waals surface area (Å²) in [5.74, 6) is 2.01. The summed E-state index contributed by atoms with van der Waals surface area (Å²) < 4.78 is 12.0. The number of ether oxygens (including phenoxy) is 2. The Bertz CT molecular complexity index is 1150. The fraction of sp³-hybridized carbons (Fsp3) is 0.406. The van der Waals surface area contributed by atoms with Gasteiger partial charge < -0.3 is 14.4 Å². The highest BCUT2D eigenvalue weighted by atomic mass is 16.5. The van der Waals surface area contributed by atoms with Crippen molar-refractivity contribution >= 4 is 5.91 Å². The first-order chi connectivity index (χ1) is 18.2. The first-order valence-electron chi connectivity index (χ1n) is 13.7. The van der Waals surface area contributed by atoms with Gasteiger partial charge in [0.25, 0.3) is 0 Å². The maximum absolute atomic E-state index is 11.9. The van der Waals surface area contributed by atoms with Crippen molar-refractivity contribution in [3.8, 4) is 22.6 Å². The summed E-state index contributed by atoms with van der Waals surface area (Å²) in [6.07, 6.45) is 5.09. The van der Waals surface area contributed by atoms with Gasteiger partial charge >= 0.3 is 0 Å². The van der Waals surface area contributed by atoms with Crippen molar-refractivity contribution in [2.45, 2.75) is 45.1 Å². The Morgan fingerprint density at radius 3 is 2.24 bits per heavy atom. The molecule has 1 unspecified atom stereocenters. The second-order valence-corrected chi connectivity index (χ2v) is 10.3. The SMILES string of the molecule is CC(COc1ccc(Cc2ccccc2-c2ccc(OCCN3CCCC3)cc2)cc1)N1CCCC1=O. The lowest BCUT2D eigenvalue weighted by Gasteiger charge is -2.24. The van der Waals surface area contributed by atoms with Crippen molar-refractivity contribution in [3.63, 3.8) is 0 Å². The molecule has 0 saturated carbocycles. The maximum atomic E-state index is 11.9. The minimum absolute atomic E-state index is 0.100. The monoisotopic (exact) mass is 498 g/mol. The third-order valence-electron chi connectivity index (χ3n) is 7.51. The lowest BCUT2D eigenvalue weighted by Crippen LogP contribution is -2.38. The number of hydrogen-bond donors (Lipinski definition) is 0. The summed E-state index contributed by atoms with van der Waals surface area (Å²) in [5.41, 5.74) is 4.98. The molecular formula is C32H38N2O3. The Kier molecular flexibility index (Phi) is 8.42. The molecule has 2 heterocycles. The van der Waals surface area contributed by atoms with Gasteiger partial charge in [0.05, 0.1) is 6.04 Å². The largest absolute Gasteiger partial charge is 0.492 e. The number of carbonyl (C=O) groups excluding carboxylic acids is 1. The van der Waals surface area contributed by atoms with Crippen molar-refractivity contribution in [1.29, 1.82) is 0 Å². The molecule has 1 amide bonds. The van der Waals surface area contributed by atoms with E-state index in [1.54, 1.807) is 0 Å². The highest BCUT2D eigenvalue weighted by molar-refractivity contribution is 5.78. The normalized spacial score (nSPS) is 16.8. The topological polar surface area (TPSA) is 42.0 Å². The van der Waals surface area contributed by atoms with Gasteiger partial charge in [0.15, 0.2) is 0 Å². The Morgan fingerprint density at radius 1 is 0.811 bits per heavy atom. The Morgan fingerprint density at radius 2 is 1.51 bits per heavy atom. The number of hydrogen-bond acceptors (Lipinski definition) is 4.